The predicted octanol–water partition coefficient (Wildman–Crippen LogP) is 2.82. The van der Waals surface area contributed by atoms with Crippen LogP contribution in [0.1, 0.15) is 43.0 Å². The van der Waals surface area contributed by atoms with Crippen molar-refractivity contribution in [1.29, 1.82) is 0 Å². The van der Waals surface area contributed by atoms with Gasteiger partial charge >= 0.3 is 0 Å². The quantitative estimate of drug-likeness (QED) is 0.790. The Hall–Kier alpha value is -2.21. The third-order valence-electron chi connectivity index (χ3n) is 6.19. The molecular weight excluding hydrogens is 364 g/mol. The molecule has 1 aliphatic heterocycles. The van der Waals surface area contributed by atoms with Gasteiger partial charge in [-0.2, -0.15) is 0 Å². The van der Waals surface area contributed by atoms with Crippen LogP contribution in [0.5, 0.6) is 0 Å². The van der Waals surface area contributed by atoms with Gasteiger partial charge in [-0.3, -0.25) is 4.79 Å². The van der Waals surface area contributed by atoms with Crippen LogP contribution < -0.4 is 5.73 Å². The van der Waals surface area contributed by atoms with E-state index >= 15 is 0 Å². The van der Waals surface area contributed by atoms with Gasteiger partial charge in [0.2, 0.25) is 5.91 Å². The molecule has 0 radical (unpaired) electrons. The van der Waals surface area contributed by atoms with Crippen LogP contribution in [0, 0.1) is 5.92 Å². The van der Waals surface area contributed by atoms with E-state index in [1.807, 2.05) is 61.2 Å². The predicted molar refractivity (Wildman–Crippen MR) is 112 cm³/mol. The van der Waals surface area contributed by atoms with Gasteiger partial charge in [0.1, 0.15) is 5.72 Å². The van der Waals surface area contributed by atoms with Crippen LogP contribution in [0.3, 0.4) is 0 Å². The van der Waals surface area contributed by atoms with Crippen LogP contribution in [0.2, 0.25) is 0 Å². The van der Waals surface area contributed by atoms with Crippen molar-refractivity contribution >= 4 is 5.91 Å². The number of carbonyl (C=O) groups excluding carboxylic acids is 1. The first kappa shape index (κ1) is 20.1. The Morgan fingerprint density at radius 3 is 2.62 bits per heavy atom. The highest BCUT2D eigenvalue weighted by Gasteiger charge is 2.54. The maximum Gasteiger partial charge on any atom is 0.228 e. The summed E-state index contributed by atoms with van der Waals surface area (Å²) in [6.45, 7) is 4.07. The molecule has 3 N–H and O–H groups in total. The molecule has 1 fully saturated rings. The summed E-state index contributed by atoms with van der Waals surface area (Å²) in [5.41, 5.74) is 8.48. The SMILES string of the molecule is CC1(C)O[C@@H]2Cc3ccccc3[C@@H]2N1C(=O)C(Cc1ccccc1)C[C@H](O)CN. The molecule has 1 aliphatic carbocycles. The van der Waals surface area contributed by atoms with Crippen LogP contribution in [0.15, 0.2) is 54.6 Å². The van der Waals surface area contributed by atoms with Crippen molar-refractivity contribution in [2.45, 2.75) is 57.1 Å². The molecule has 29 heavy (non-hydrogen) atoms. The maximum atomic E-state index is 13.9. The molecule has 2 aromatic rings. The Kier molecular flexibility index (Phi) is 5.47. The highest BCUT2D eigenvalue weighted by Crippen LogP contribution is 2.49. The minimum atomic E-state index is -0.703. The minimum Gasteiger partial charge on any atom is -0.392 e. The Labute approximate surface area is 172 Å². The number of amides is 1. The summed E-state index contributed by atoms with van der Waals surface area (Å²) >= 11 is 0. The lowest BCUT2D eigenvalue weighted by molar-refractivity contribution is -0.153. The zero-order valence-corrected chi connectivity index (χ0v) is 17.1. The molecule has 1 heterocycles. The number of fused-ring (bicyclic) bond motifs is 3. The summed E-state index contributed by atoms with van der Waals surface area (Å²) in [7, 11) is 0. The Morgan fingerprint density at radius 1 is 1.21 bits per heavy atom. The van der Waals surface area contributed by atoms with Crippen molar-refractivity contribution in [2.24, 2.45) is 11.7 Å². The van der Waals surface area contributed by atoms with E-state index in [1.165, 1.54) is 11.1 Å². The normalized spacial score (nSPS) is 24.1. The molecule has 2 aromatic carbocycles. The smallest absolute Gasteiger partial charge is 0.228 e. The number of nitrogens with zero attached hydrogens (tertiary/aromatic N) is 1. The van der Waals surface area contributed by atoms with E-state index in [1.54, 1.807) is 0 Å². The van der Waals surface area contributed by atoms with Crippen LogP contribution >= 0.6 is 0 Å². The van der Waals surface area contributed by atoms with Crippen LogP contribution in [-0.2, 0) is 22.4 Å². The monoisotopic (exact) mass is 394 g/mol. The molecule has 0 aromatic heterocycles. The minimum absolute atomic E-state index is 0.0237. The summed E-state index contributed by atoms with van der Waals surface area (Å²) < 4.78 is 6.34. The summed E-state index contributed by atoms with van der Waals surface area (Å²) in [4.78, 5) is 15.8. The number of hydrogen-bond donors (Lipinski definition) is 2. The summed E-state index contributed by atoms with van der Waals surface area (Å²) in [6.07, 6.45) is 1.01. The van der Waals surface area contributed by atoms with Gasteiger partial charge in [0.25, 0.3) is 0 Å². The summed E-state index contributed by atoms with van der Waals surface area (Å²) in [5.74, 6) is -0.333. The largest absolute Gasteiger partial charge is 0.392 e. The van der Waals surface area contributed by atoms with Crippen molar-refractivity contribution in [1.82, 2.24) is 4.90 Å². The summed E-state index contributed by atoms with van der Waals surface area (Å²) in [5, 5.41) is 10.2. The lowest BCUT2D eigenvalue weighted by Gasteiger charge is -2.37. The number of benzene rings is 2. The number of ether oxygens (including phenoxy) is 1. The lowest BCUT2D eigenvalue weighted by atomic mass is 9.90. The van der Waals surface area contributed by atoms with Crippen molar-refractivity contribution < 1.29 is 14.6 Å². The van der Waals surface area contributed by atoms with Crippen molar-refractivity contribution in [3.05, 3.63) is 71.3 Å². The fourth-order valence-corrected chi connectivity index (χ4v) is 4.90. The third kappa shape index (κ3) is 3.82. The van der Waals surface area contributed by atoms with E-state index in [-0.39, 0.29) is 30.5 Å². The number of aliphatic hydroxyl groups is 1. The zero-order chi connectivity index (χ0) is 20.6. The lowest BCUT2D eigenvalue weighted by Crippen LogP contribution is -2.48. The fraction of sp³-hybridized carbons (Fsp3) is 0.458. The van der Waals surface area contributed by atoms with Gasteiger partial charge in [0.05, 0.1) is 18.2 Å². The first-order valence-corrected chi connectivity index (χ1v) is 10.4. The number of hydrogen-bond acceptors (Lipinski definition) is 4. The Morgan fingerprint density at radius 2 is 1.90 bits per heavy atom. The van der Waals surface area contributed by atoms with Crippen LogP contribution in [0.4, 0.5) is 0 Å². The zero-order valence-electron chi connectivity index (χ0n) is 17.1. The number of carbonyl (C=O) groups is 1. The molecule has 0 bridgehead atoms. The highest BCUT2D eigenvalue weighted by molar-refractivity contribution is 5.81. The molecule has 4 atom stereocenters. The van der Waals surface area contributed by atoms with E-state index in [0.717, 1.165) is 12.0 Å². The third-order valence-corrected chi connectivity index (χ3v) is 6.19. The van der Waals surface area contributed by atoms with Crippen molar-refractivity contribution in [3.63, 3.8) is 0 Å². The standard InChI is InChI=1S/C24H30N2O3/c1-24(2)26(22-20-11-7-6-10-17(20)14-21(22)29-24)23(28)18(13-19(27)15-25)12-16-8-4-3-5-9-16/h3-11,18-19,21-22,27H,12-15,25H2,1-2H3/t18?,19-,21+,22-/m0/s1. The molecule has 5 nitrogen and oxygen atoms in total. The molecule has 0 spiro atoms. The molecule has 1 unspecified atom stereocenters. The van der Waals surface area contributed by atoms with Gasteiger partial charge in [-0.25, -0.2) is 0 Å². The molecular formula is C24H30N2O3. The van der Waals surface area contributed by atoms with E-state index in [2.05, 4.69) is 12.1 Å². The summed E-state index contributed by atoms with van der Waals surface area (Å²) in [6, 6.07) is 18.2. The van der Waals surface area contributed by atoms with E-state index in [4.69, 9.17) is 10.5 Å². The van der Waals surface area contributed by atoms with Gasteiger partial charge < -0.3 is 20.5 Å². The second-order valence-corrected chi connectivity index (χ2v) is 8.67. The van der Waals surface area contributed by atoms with E-state index in [9.17, 15) is 9.90 Å². The van der Waals surface area contributed by atoms with Gasteiger partial charge in [-0.1, -0.05) is 54.6 Å². The topological polar surface area (TPSA) is 75.8 Å². The van der Waals surface area contributed by atoms with E-state index in [0.29, 0.717) is 12.8 Å². The molecule has 4 rings (SSSR count). The second-order valence-electron chi connectivity index (χ2n) is 8.67. The first-order valence-electron chi connectivity index (χ1n) is 10.4. The molecule has 2 aliphatic rings. The molecule has 1 saturated heterocycles. The van der Waals surface area contributed by atoms with Gasteiger partial charge in [0, 0.05) is 18.9 Å². The molecule has 0 saturated carbocycles. The van der Waals surface area contributed by atoms with Crippen LogP contribution in [-0.4, -0.2) is 40.4 Å². The number of nitrogens with two attached hydrogens (primary N) is 1. The first-order chi connectivity index (χ1) is 13.9. The average molecular weight is 395 g/mol. The Balaban J connectivity index is 1.66. The van der Waals surface area contributed by atoms with E-state index < -0.39 is 11.8 Å². The van der Waals surface area contributed by atoms with Crippen LogP contribution in [0.25, 0.3) is 0 Å². The van der Waals surface area contributed by atoms with Gasteiger partial charge in [-0.15, -0.1) is 0 Å². The average Bonchev–Trinajstić information content (AvgIpc) is 3.17. The number of aliphatic hydroxyl groups excluding tert-OH is 1. The van der Waals surface area contributed by atoms with Crippen molar-refractivity contribution in [3.8, 4) is 0 Å². The molecule has 154 valence electrons. The second kappa shape index (κ2) is 7.90. The fourth-order valence-electron chi connectivity index (χ4n) is 4.90. The highest BCUT2D eigenvalue weighted by atomic mass is 16.5. The Bertz CT molecular complexity index is 867. The maximum absolute atomic E-state index is 13.9. The van der Waals surface area contributed by atoms with Gasteiger partial charge in [0.15, 0.2) is 0 Å². The van der Waals surface area contributed by atoms with Crippen molar-refractivity contribution in [2.75, 3.05) is 6.54 Å². The van der Waals surface area contributed by atoms with Gasteiger partial charge in [-0.05, 0) is 43.4 Å². The molecule has 1 amide bonds. The molecule has 5 heteroatoms. The number of rotatable bonds is 6.